The van der Waals surface area contributed by atoms with Crippen LogP contribution in [0.25, 0.3) is 0 Å². The lowest BCUT2D eigenvalue weighted by Gasteiger charge is -2.17. The van der Waals surface area contributed by atoms with Gasteiger partial charge in [0.15, 0.2) is 0 Å². The average molecular weight is 301 g/mol. The molecule has 0 aliphatic heterocycles. The fourth-order valence-corrected chi connectivity index (χ4v) is 1.72. The minimum Gasteiger partial charge on any atom is -0.480 e. The van der Waals surface area contributed by atoms with Crippen LogP contribution in [-0.4, -0.2) is 22.1 Å². The summed E-state index contributed by atoms with van der Waals surface area (Å²) in [5.41, 5.74) is 0.837. The smallest absolute Gasteiger partial charge is 0.326 e. The Labute approximate surface area is 110 Å². The summed E-state index contributed by atoms with van der Waals surface area (Å²) in [5, 5.41) is 12.1. The minimum atomic E-state index is -0.846. The molecule has 0 aromatic carbocycles. The van der Waals surface area contributed by atoms with E-state index >= 15 is 0 Å². The first-order chi connectivity index (χ1) is 7.90. The summed E-state index contributed by atoms with van der Waals surface area (Å²) in [4.78, 5) is 15.4. The van der Waals surface area contributed by atoms with Crippen molar-refractivity contribution in [3.63, 3.8) is 0 Å². The van der Waals surface area contributed by atoms with Gasteiger partial charge in [0.05, 0.1) is 5.69 Å². The quantitative estimate of drug-likeness (QED) is 0.877. The van der Waals surface area contributed by atoms with Gasteiger partial charge in [0.1, 0.15) is 11.9 Å². The Morgan fingerprint density at radius 2 is 2.18 bits per heavy atom. The summed E-state index contributed by atoms with van der Waals surface area (Å²) in [6.45, 7) is 5.86. The predicted molar refractivity (Wildman–Crippen MR) is 71.2 cm³/mol. The van der Waals surface area contributed by atoms with Gasteiger partial charge in [-0.15, -0.1) is 0 Å². The van der Waals surface area contributed by atoms with Crippen molar-refractivity contribution in [2.24, 2.45) is 5.92 Å². The number of aliphatic carboxylic acids is 1. The van der Waals surface area contributed by atoms with Gasteiger partial charge in [0.25, 0.3) is 0 Å². The lowest BCUT2D eigenvalue weighted by atomic mass is 10.0. The Balaban J connectivity index is 2.78. The molecule has 0 fully saturated rings. The maximum Gasteiger partial charge on any atom is 0.326 e. The maximum absolute atomic E-state index is 11.1. The summed E-state index contributed by atoms with van der Waals surface area (Å²) in [7, 11) is 0. The van der Waals surface area contributed by atoms with Gasteiger partial charge in [0.2, 0.25) is 0 Å². The molecule has 1 aromatic rings. The number of aryl methyl sites for hydroxylation is 1. The number of pyridine rings is 1. The van der Waals surface area contributed by atoms with E-state index in [1.165, 1.54) is 0 Å². The third kappa shape index (κ3) is 4.34. The van der Waals surface area contributed by atoms with Gasteiger partial charge >= 0.3 is 5.97 Å². The van der Waals surface area contributed by atoms with E-state index in [0.29, 0.717) is 18.2 Å². The van der Waals surface area contributed by atoms with E-state index in [9.17, 15) is 4.79 Å². The number of aromatic nitrogens is 1. The Morgan fingerprint density at radius 1 is 1.53 bits per heavy atom. The summed E-state index contributed by atoms with van der Waals surface area (Å²) < 4.78 is 0.916. The molecule has 0 aliphatic rings. The van der Waals surface area contributed by atoms with E-state index in [2.05, 4.69) is 26.2 Å². The number of hydrogen-bond acceptors (Lipinski definition) is 3. The Hall–Kier alpha value is -1.10. The molecule has 4 nitrogen and oxygen atoms in total. The molecular weight excluding hydrogens is 284 g/mol. The van der Waals surface area contributed by atoms with Crippen molar-refractivity contribution < 1.29 is 9.90 Å². The highest BCUT2D eigenvalue weighted by molar-refractivity contribution is 9.10. The number of rotatable bonds is 5. The van der Waals surface area contributed by atoms with Gasteiger partial charge in [-0.3, -0.25) is 0 Å². The number of hydrogen-bond donors (Lipinski definition) is 2. The van der Waals surface area contributed by atoms with Gasteiger partial charge in [0, 0.05) is 4.47 Å². The molecule has 5 heteroatoms. The normalized spacial score (nSPS) is 12.5. The summed E-state index contributed by atoms with van der Waals surface area (Å²) in [5.74, 6) is 0.0694. The number of carboxylic acids is 1. The predicted octanol–water partition coefficient (Wildman–Crippen LogP) is 3.06. The van der Waals surface area contributed by atoms with E-state index in [1.54, 1.807) is 6.07 Å². The van der Waals surface area contributed by atoms with Crippen molar-refractivity contribution in [2.45, 2.75) is 33.2 Å². The fourth-order valence-electron chi connectivity index (χ4n) is 1.50. The first-order valence-electron chi connectivity index (χ1n) is 5.52. The molecule has 0 amide bonds. The van der Waals surface area contributed by atoms with Crippen molar-refractivity contribution in [1.82, 2.24) is 4.98 Å². The van der Waals surface area contributed by atoms with E-state index in [-0.39, 0.29) is 0 Å². The minimum absolute atomic E-state index is 0.320. The molecule has 17 heavy (non-hydrogen) atoms. The topological polar surface area (TPSA) is 62.2 Å². The highest BCUT2D eigenvalue weighted by Crippen LogP contribution is 2.18. The number of nitrogens with one attached hydrogen (secondary N) is 1. The number of anilines is 1. The van der Waals surface area contributed by atoms with Crippen LogP contribution in [0, 0.1) is 12.8 Å². The highest BCUT2D eigenvalue weighted by atomic mass is 79.9. The molecule has 1 atom stereocenters. The van der Waals surface area contributed by atoms with E-state index < -0.39 is 12.0 Å². The number of halogens is 1. The third-order valence-electron chi connectivity index (χ3n) is 2.35. The molecule has 1 aromatic heterocycles. The zero-order valence-corrected chi connectivity index (χ0v) is 11.8. The van der Waals surface area contributed by atoms with Gasteiger partial charge in [-0.05, 0) is 47.3 Å². The number of carbonyl (C=O) groups is 1. The molecule has 0 bridgehead atoms. The standard InChI is InChI=1S/C12H17BrN2O2/c1-7(2)6-10(12(16)17)15-11-5-4-9(13)8(3)14-11/h4-5,7,10H,6H2,1-3H3,(H,14,15)(H,16,17). The van der Waals surface area contributed by atoms with Crippen LogP contribution in [0.1, 0.15) is 26.0 Å². The molecule has 1 unspecified atom stereocenters. The van der Waals surface area contributed by atoms with Crippen molar-refractivity contribution in [2.75, 3.05) is 5.32 Å². The van der Waals surface area contributed by atoms with Gasteiger partial charge in [-0.25, -0.2) is 9.78 Å². The fraction of sp³-hybridized carbons (Fsp3) is 0.500. The average Bonchev–Trinajstić information content (AvgIpc) is 2.21. The summed E-state index contributed by atoms with van der Waals surface area (Å²) in [6, 6.07) is 3.04. The second-order valence-corrected chi connectivity index (χ2v) is 5.28. The van der Waals surface area contributed by atoms with Crippen molar-refractivity contribution in [3.05, 3.63) is 22.3 Å². The summed E-state index contributed by atoms with van der Waals surface area (Å²) >= 11 is 3.36. The lowest BCUT2D eigenvalue weighted by molar-refractivity contribution is -0.138. The molecule has 2 N–H and O–H groups in total. The van der Waals surface area contributed by atoms with Crippen LogP contribution < -0.4 is 5.32 Å². The Kier molecular flexibility index (Phi) is 4.93. The molecule has 0 saturated carbocycles. The Morgan fingerprint density at radius 3 is 2.65 bits per heavy atom. The van der Waals surface area contributed by atoms with Gasteiger partial charge < -0.3 is 10.4 Å². The highest BCUT2D eigenvalue weighted by Gasteiger charge is 2.19. The second-order valence-electron chi connectivity index (χ2n) is 4.43. The molecule has 94 valence electrons. The molecule has 1 heterocycles. The van der Waals surface area contributed by atoms with E-state index in [1.807, 2.05) is 26.8 Å². The van der Waals surface area contributed by atoms with Crippen LogP contribution in [0.15, 0.2) is 16.6 Å². The molecular formula is C12H17BrN2O2. The zero-order valence-electron chi connectivity index (χ0n) is 10.2. The SMILES string of the molecule is Cc1nc(NC(CC(C)C)C(=O)O)ccc1Br. The van der Waals surface area contributed by atoms with Crippen LogP contribution >= 0.6 is 15.9 Å². The van der Waals surface area contributed by atoms with Crippen LogP contribution in [-0.2, 0) is 4.79 Å². The second kappa shape index (κ2) is 6.00. The van der Waals surface area contributed by atoms with Crippen molar-refractivity contribution in [1.29, 1.82) is 0 Å². The molecule has 1 rings (SSSR count). The van der Waals surface area contributed by atoms with Gasteiger partial charge in [-0.2, -0.15) is 0 Å². The maximum atomic E-state index is 11.1. The first kappa shape index (κ1) is 14.0. The number of nitrogens with zero attached hydrogens (tertiary/aromatic N) is 1. The molecule has 0 saturated heterocycles. The van der Waals surface area contributed by atoms with E-state index in [0.717, 1.165) is 10.2 Å². The molecule has 0 radical (unpaired) electrons. The van der Waals surface area contributed by atoms with E-state index in [4.69, 9.17) is 5.11 Å². The largest absolute Gasteiger partial charge is 0.480 e. The first-order valence-corrected chi connectivity index (χ1v) is 6.32. The van der Waals surface area contributed by atoms with Crippen LogP contribution in [0.2, 0.25) is 0 Å². The lowest BCUT2D eigenvalue weighted by Crippen LogP contribution is -2.31. The monoisotopic (exact) mass is 300 g/mol. The van der Waals surface area contributed by atoms with Gasteiger partial charge in [-0.1, -0.05) is 13.8 Å². The van der Waals surface area contributed by atoms with Crippen LogP contribution in [0.5, 0.6) is 0 Å². The summed E-state index contributed by atoms with van der Waals surface area (Å²) in [6.07, 6.45) is 0.576. The van der Waals surface area contributed by atoms with Crippen molar-refractivity contribution >= 4 is 27.7 Å². The third-order valence-corrected chi connectivity index (χ3v) is 3.19. The van der Waals surface area contributed by atoms with Crippen molar-refractivity contribution in [3.8, 4) is 0 Å². The molecule has 0 spiro atoms. The van der Waals surface area contributed by atoms with Crippen LogP contribution in [0.3, 0.4) is 0 Å². The number of carboxylic acid groups (broad SMARTS) is 1. The molecule has 0 aliphatic carbocycles. The zero-order chi connectivity index (χ0) is 13.0. The van der Waals surface area contributed by atoms with Crippen LogP contribution in [0.4, 0.5) is 5.82 Å². The Bertz CT molecular complexity index is 407.